The third-order valence-corrected chi connectivity index (χ3v) is 2.44. The fourth-order valence-electron chi connectivity index (χ4n) is 1.71. The van der Waals surface area contributed by atoms with Gasteiger partial charge in [-0.15, -0.1) is 0 Å². The van der Waals surface area contributed by atoms with Crippen LogP contribution in [0.25, 0.3) is 0 Å². The number of amides is 1. The lowest BCUT2D eigenvalue weighted by molar-refractivity contribution is -0.123. The first-order chi connectivity index (χ1) is 8.52. The van der Waals surface area contributed by atoms with Crippen LogP contribution >= 0.6 is 0 Å². The Bertz CT molecular complexity index is 403. The molecule has 0 bridgehead atoms. The number of hydrogen-bond donors (Lipinski definition) is 2. The first kappa shape index (κ1) is 14.5. The maximum atomic E-state index is 11.5. The number of nitrogens with two attached hydrogens (primary N) is 1. The van der Waals surface area contributed by atoms with Crippen molar-refractivity contribution in [2.75, 3.05) is 13.2 Å². The van der Waals surface area contributed by atoms with Gasteiger partial charge in [0.2, 0.25) is 0 Å². The lowest BCUT2D eigenvalue weighted by Crippen LogP contribution is -2.34. The van der Waals surface area contributed by atoms with E-state index in [1.165, 1.54) is 0 Å². The van der Waals surface area contributed by atoms with Crippen LogP contribution in [0.1, 0.15) is 25.0 Å². The molecule has 100 valence electrons. The summed E-state index contributed by atoms with van der Waals surface area (Å²) in [5.41, 5.74) is 7.78. The van der Waals surface area contributed by atoms with Gasteiger partial charge in [0.25, 0.3) is 5.91 Å². The molecule has 4 heteroatoms. The molecule has 18 heavy (non-hydrogen) atoms. The Hall–Kier alpha value is -1.55. The summed E-state index contributed by atoms with van der Waals surface area (Å²) in [6, 6.07) is 6.03. The second kappa shape index (κ2) is 7.01. The van der Waals surface area contributed by atoms with Crippen molar-refractivity contribution in [1.82, 2.24) is 5.32 Å². The van der Waals surface area contributed by atoms with Gasteiger partial charge in [0.1, 0.15) is 5.75 Å². The number of carbonyl (C=O) groups excluding carboxylic acids is 1. The molecule has 1 amide bonds. The van der Waals surface area contributed by atoms with Crippen LogP contribution in [0, 0.1) is 6.92 Å². The second-order valence-corrected chi connectivity index (χ2v) is 4.66. The monoisotopic (exact) mass is 250 g/mol. The molecule has 0 spiro atoms. The number of carbonyl (C=O) groups is 1. The highest BCUT2D eigenvalue weighted by Gasteiger charge is 2.07. The van der Waals surface area contributed by atoms with Gasteiger partial charge in [-0.1, -0.05) is 17.7 Å². The van der Waals surface area contributed by atoms with E-state index in [2.05, 4.69) is 5.32 Å². The summed E-state index contributed by atoms with van der Waals surface area (Å²) in [5, 5.41) is 2.79. The van der Waals surface area contributed by atoms with Gasteiger partial charge < -0.3 is 15.8 Å². The zero-order valence-electron chi connectivity index (χ0n) is 11.3. The maximum absolute atomic E-state index is 11.5. The quantitative estimate of drug-likeness (QED) is 0.802. The van der Waals surface area contributed by atoms with Crippen LogP contribution in [0.4, 0.5) is 0 Å². The molecule has 0 aromatic heterocycles. The molecule has 0 saturated carbocycles. The molecule has 0 aliphatic heterocycles. The number of nitrogens with one attached hydrogen (secondary N) is 1. The lowest BCUT2D eigenvalue weighted by atomic mass is 10.1. The van der Waals surface area contributed by atoms with Crippen LogP contribution in [-0.4, -0.2) is 25.1 Å². The molecule has 0 radical (unpaired) electrons. The average Bonchev–Trinajstić information content (AvgIpc) is 2.27. The van der Waals surface area contributed by atoms with Crippen LogP contribution in [-0.2, 0) is 11.2 Å². The molecule has 0 aliphatic rings. The Morgan fingerprint density at radius 2 is 2.17 bits per heavy atom. The van der Waals surface area contributed by atoms with Gasteiger partial charge in [0.15, 0.2) is 6.61 Å². The molecule has 0 atom stereocenters. The maximum Gasteiger partial charge on any atom is 0.258 e. The van der Waals surface area contributed by atoms with E-state index in [0.717, 1.165) is 23.3 Å². The molecule has 1 aromatic carbocycles. The summed E-state index contributed by atoms with van der Waals surface area (Å²) in [6.07, 6.45) is 0.753. The third kappa shape index (κ3) is 4.75. The van der Waals surface area contributed by atoms with Crippen molar-refractivity contribution in [2.24, 2.45) is 5.73 Å². The normalized spacial score (nSPS) is 10.5. The standard InChI is InChI=1S/C14H22N2O2/c1-10(2)16-14(17)9-18-13-5-4-11(3)8-12(13)6-7-15/h4-5,8,10H,6-7,9,15H2,1-3H3,(H,16,17). The summed E-state index contributed by atoms with van der Waals surface area (Å²) >= 11 is 0. The van der Waals surface area contributed by atoms with E-state index in [4.69, 9.17) is 10.5 Å². The second-order valence-electron chi connectivity index (χ2n) is 4.66. The van der Waals surface area contributed by atoms with Crippen molar-refractivity contribution in [3.8, 4) is 5.75 Å². The fraction of sp³-hybridized carbons (Fsp3) is 0.500. The lowest BCUT2D eigenvalue weighted by Gasteiger charge is -2.13. The van der Waals surface area contributed by atoms with Crippen molar-refractivity contribution in [3.05, 3.63) is 29.3 Å². The van der Waals surface area contributed by atoms with Crippen LogP contribution < -0.4 is 15.8 Å². The third-order valence-electron chi connectivity index (χ3n) is 2.44. The zero-order valence-corrected chi connectivity index (χ0v) is 11.3. The van der Waals surface area contributed by atoms with Gasteiger partial charge in [-0.05, 0) is 45.4 Å². The molecule has 0 aliphatic carbocycles. The highest BCUT2D eigenvalue weighted by atomic mass is 16.5. The van der Waals surface area contributed by atoms with E-state index in [1.54, 1.807) is 0 Å². The minimum absolute atomic E-state index is 0.0405. The van der Waals surface area contributed by atoms with Crippen LogP contribution in [0.3, 0.4) is 0 Å². The van der Waals surface area contributed by atoms with E-state index < -0.39 is 0 Å². The zero-order chi connectivity index (χ0) is 13.5. The van der Waals surface area contributed by atoms with E-state index in [9.17, 15) is 4.79 Å². The van der Waals surface area contributed by atoms with Gasteiger partial charge in [-0.2, -0.15) is 0 Å². The summed E-state index contributed by atoms with van der Waals surface area (Å²) in [4.78, 5) is 11.5. The largest absolute Gasteiger partial charge is 0.483 e. The predicted molar refractivity (Wildman–Crippen MR) is 72.7 cm³/mol. The van der Waals surface area contributed by atoms with Crippen molar-refractivity contribution >= 4 is 5.91 Å². The van der Waals surface area contributed by atoms with Crippen molar-refractivity contribution in [1.29, 1.82) is 0 Å². The van der Waals surface area contributed by atoms with Crippen LogP contribution in [0.15, 0.2) is 18.2 Å². The Morgan fingerprint density at radius 1 is 1.44 bits per heavy atom. The first-order valence-electron chi connectivity index (χ1n) is 6.24. The molecule has 3 N–H and O–H groups in total. The fourth-order valence-corrected chi connectivity index (χ4v) is 1.71. The number of benzene rings is 1. The van der Waals surface area contributed by atoms with Gasteiger partial charge in [-0.25, -0.2) is 0 Å². The smallest absolute Gasteiger partial charge is 0.258 e. The number of aryl methyl sites for hydroxylation is 1. The van der Waals surface area contributed by atoms with Crippen molar-refractivity contribution in [2.45, 2.75) is 33.2 Å². The highest BCUT2D eigenvalue weighted by Crippen LogP contribution is 2.20. The Morgan fingerprint density at radius 3 is 2.78 bits per heavy atom. The molecule has 0 unspecified atom stereocenters. The van der Waals surface area contributed by atoms with E-state index >= 15 is 0 Å². The Balaban J connectivity index is 2.63. The molecular weight excluding hydrogens is 228 g/mol. The number of hydrogen-bond acceptors (Lipinski definition) is 3. The van der Waals surface area contributed by atoms with E-state index in [-0.39, 0.29) is 18.6 Å². The number of rotatable bonds is 6. The molecule has 0 heterocycles. The Labute approximate surface area is 109 Å². The topological polar surface area (TPSA) is 64.3 Å². The molecule has 1 aromatic rings. The molecule has 0 fully saturated rings. The van der Waals surface area contributed by atoms with Gasteiger partial charge in [0.05, 0.1) is 0 Å². The van der Waals surface area contributed by atoms with Gasteiger partial charge in [-0.3, -0.25) is 4.79 Å². The molecule has 0 saturated heterocycles. The molecular formula is C14H22N2O2. The summed E-state index contributed by atoms with van der Waals surface area (Å²) in [5.74, 6) is 0.634. The first-order valence-corrected chi connectivity index (χ1v) is 6.24. The van der Waals surface area contributed by atoms with Crippen LogP contribution in [0.5, 0.6) is 5.75 Å². The summed E-state index contributed by atoms with van der Waals surface area (Å²) in [7, 11) is 0. The van der Waals surface area contributed by atoms with Crippen molar-refractivity contribution in [3.63, 3.8) is 0 Å². The van der Waals surface area contributed by atoms with Gasteiger partial charge in [0, 0.05) is 6.04 Å². The van der Waals surface area contributed by atoms with E-state index in [0.29, 0.717) is 6.54 Å². The van der Waals surface area contributed by atoms with Crippen LogP contribution in [0.2, 0.25) is 0 Å². The Kier molecular flexibility index (Phi) is 5.65. The highest BCUT2D eigenvalue weighted by molar-refractivity contribution is 5.77. The minimum Gasteiger partial charge on any atom is -0.483 e. The van der Waals surface area contributed by atoms with Gasteiger partial charge >= 0.3 is 0 Å². The summed E-state index contributed by atoms with van der Waals surface area (Å²) < 4.78 is 5.54. The molecule has 1 rings (SSSR count). The van der Waals surface area contributed by atoms with Crippen molar-refractivity contribution < 1.29 is 9.53 Å². The van der Waals surface area contributed by atoms with E-state index in [1.807, 2.05) is 39.0 Å². The molecule has 4 nitrogen and oxygen atoms in total. The minimum atomic E-state index is -0.107. The predicted octanol–water partition coefficient (Wildman–Crippen LogP) is 1.40. The average molecular weight is 250 g/mol. The summed E-state index contributed by atoms with van der Waals surface area (Å²) in [6.45, 7) is 6.47. The number of ether oxygens (including phenoxy) is 1. The SMILES string of the molecule is Cc1ccc(OCC(=O)NC(C)C)c(CCN)c1.